The summed E-state index contributed by atoms with van der Waals surface area (Å²) < 4.78 is 12.4. The first-order valence-electron chi connectivity index (χ1n) is 9.45. The fourth-order valence-corrected chi connectivity index (χ4v) is 4.23. The van der Waals surface area contributed by atoms with Gasteiger partial charge in [0.05, 0.1) is 5.56 Å². The van der Waals surface area contributed by atoms with Crippen molar-refractivity contribution in [1.29, 1.82) is 0 Å². The van der Waals surface area contributed by atoms with E-state index < -0.39 is 0 Å². The molecule has 1 atom stereocenters. The Labute approximate surface area is 162 Å². The van der Waals surface area contributed by atoms with Crippen LogP contribution in [0.15, 0.2) is 36.5 Å². The van der Waals surface area contributed by atoms with Crippen molar-refractivity contribution >= 4 is 11.6 Å². The van der Waals surface area contributed by atoms with Gasteiger partial charge in [0, 0.05) is 19.3 Å². The molecule has 2 aliphatic rings. The van der Waals surface area contributed by atoms with Gasteiger partial charge in [0.1, 0.15) is 0 Å². The summed E-state index contributed by atoms with van der Waals surface area (Å²) in [6, 6.07) is 9.67. The summed E-state index contributed by atoms with van der Waals surface area (Å²) in [6.45, 7) is 4.02. The fraction of sp³-hybridized carbons (Fsp3) is 0.400. The molecule has 1 aromatic carbocycles. The largest absolute Gasteiger partial charge is 0.454 e. The van der Waals surface area contributed by atoms with Crippen LogP contribution in [0.3, 0.4) is 0 Å². The molecular formula is C20H21N5O3. The van der Waals surface area contributed by atoms with E-state index in [1.54, 1.807) is 18.3 Å². The topological polar surface area (TPSA) is 81.9 Å². The number of likely N-dealkylation sites (tertiary alicyclic amines) is 1. The number of piperidine rings is 1. The van der Waals surface area contributed by atoms with Crippen molar-refractivity contribution in [3.8, 4) is 11.5 Å². The van der Waals surface area contributed by atoms with Gasteiger partial charge in [-0.05, 0) is 64.9 Å². The molecule has 28 heavy (non-hydrogen) atoms. The number of carbonyl (C=O) groups is 1. The maximum absolute atomic E-state index is 13.1. The number of carbonyl (C=O) groups excluding carboxylic acids is 1. The molecule has 1 amide bonds. The van der Waals surface area contributed by atoms with Crippen LogP contribution in [-0.2, 0) is 6.42 Å². The van der Waals surface area contributed by atoms with Crippen molar-refractivity contribution < 1.29 is 14.3 Å². The molecule has 0 N–H and O–H groups in total. The Morgan fingerprint density at radius 3 is 3.04 bits per heavy atom. The van der Waals surface area contributed by atoms with Crippen molar-refractivity contribution in [2.45, 2.75) is 26.2 Å². The van der Waals surface area contributed by atoms with E-state index in [4.69, 9.17) is 9.47 Å². The highest BCUT2D eigenvalue weighted by Gasteiger charge is 2.34. The van der Waals surface area contributed by atoms with Crippen LogP contribution in [-0.4, -0.2) is 50.7 Å². The summed E-state index contributed by atoms with van der Waals surface area (Å²) in [6.07, 6.45) is 4.65. The monoisotopic (exact) mass is 379 g/mol. The zero-order valence-corrected chi connectivity index (χ0v) is 15.7. The van der Waals surface area contributed by atoms with Crippen LogP contribution < -0.4 is 9.47 Å². The normalized spacial score (nSPS) is 21.2. The third-order valence-electron chi connectivity index (χ3n) is 5.57. The number of ether oxygens (including phenoxy) is 2. The van der Waals surface area contributed by atoms with E-state index in [0.29, 0.717) is 17.8 Å². The van der Waals surface area contributed by atoms with E-state index in [1.807, 2.05) is 11.0 Å². The molecule has 2 aromatic heterocycles. The lowest BCUT2D eigenvalue weighted by Crippen LogP contribution is -2.45. The smallest absolute Gasteiger partial charge is 0.255 e. The number of pyridine rings is 1. The third-order valence-corrected chi connectivity index (χ3v) is 5.57. The Morgan fingerprint density at radius 2 is 2.11 bits per heavy atom. The molecule has 0 bridgehead atoms. The summed E-state index contributed by atoms with van der Waals surface area (Å²) in [5.74, 6) is 1.63. The summed E-state index contributed by atoms with van der Waals surface area (Å²) in [7, 11) is 0. The van der Waals surface area contributed by atoms with Gasteiger partial charge in [-0.1, -0.05) is 13.0 Å². The fourth-order valence-electron chi connectivity index (χ4n) is 4.23. The average Bonchev–Trinajstić information content (AvgIpc) is 3.35. The number of benzene rings is 1. The lowest BCUT2D eigenvalue weighted by Gasteiger charge is -2.40. The Balaban J connectivity index is 1.33. The number of aromatic nitrogens is 4. The number of amides is 1. The van der Waals surface area contributed by atoms with Crippen LogP contribution in [0.2, 0.25) is 0 Å². The van der Waals surface area contributed by atoms with Gasteiger partial charge in [-0.2, -0.15) is 4.52 Å². The summed E-state index contributed by atoms with van der Waals surface area (Å²) in [4.78, 5) is 15.0. The van der Waals surface area contributed by atoms with Gasteiger partial charge >= 0.3 is 0 Å². The van der Waals surface area contributed by atoms with Gasteiger partial charge in [0.2, 0.25) is 6.79 Å². The third kappa shape index (κ3) is 3.04. The minimum Gasteiger partial charge on any atom is -0.454 e. The number of rotatable bonds is 3. The standard InChI is InChI=1S/C20H21N5O3/c1-20(10-14-3-5-16-17(9-14)28-13-27-16)7-2-8-24(12-20)19(26)15-4-6-18-21-22-23-25(18)11-15/h3-6,9,11H,2,7-8,10,12-13H2,1H3/t20-/m1/s1. The Hall–Kier alpha value is -3.16. The van der Waals surface area contributed by atoms with Gasteiger partial charge in [0.25, 0.3) is 5.91 Å². The summed E-state index contributed by atoms with van der Waals surface area (Å²) >= 11 is 0. The Bertz CT molecular complexity index is 1050. The number of tetrazole rings is 1. The summed E-state index contributed by atoms with van der Waals surface area (Å²) in [5, 5.41) is 11.4. The van der Waals surface area contributed by atoms with E-state index in [-0.39, 0.29) is 18.1 Å². The molecule has 0 radical (unpaired) electrons. The highest BCUT2D eigenvalue weighted by molar-refractivity contribution is 5.94. The maximum Gasteiger partial charge on any atom is 0.255 e. The lowest BCUT2D eigenvalue weighted by molar-refractivity contribution is 0.0550. The Kier molecular flexibility index (Phi) is 3.92. The van der Waals surface area contributed by atoms with E-state index in [9.17, 15) is 4.79 Å². The highest BCUT2D eigenvalue weighted by Crippen LogP contribution is 2.37. The van der Waals surface area contributed by atoms with Crippen LogP contribution in [0.5, 0.6) is 11.5 Å². The van der Waals surface area contributed by atoms with Crippen molar-refractivity contribution in [3.05, 3.63) is 47.7 Å². The number of fused-ring (bicyclic) bond motifs is 2. The molecule has 2 aliphatic heterocycles. The van der Waals surface area contributed by atoms with Crippen molar-refractivity contribution in [1.82, 2.24) is 24.9 Å². The van der Waals surface area contributed by atoms with E-state index >= 15 is 0 Å². The van der Waals surface area contributed by atoms with Crippen molar-refractivity contribution in [2.75, 3.05) is 19.9 Å². The average molecular weight is 379 g/mol. The van der Waals surface area contributed by atoms with Gasteiger partial charge in [-0.3, -0.25) is 4.79 Å². The van der Waals surface area contributed by atoms with Gasteiger partial charge in [0.15, 0.2) is 17.1 Å². The molecule has 5 rings (SSSR count). The van der Waals surface area contributed by atoms with Crippen LogP contribution in [0.1, 0.15) is 35.7 Å². The molecule has 0 saturated carbocycles. The minimum absolute atomic E-state index is 0.0144. The predicted molar refractivity (Wildman–Crippen MR) is 100 cm³/mol. The molecule has 8 nitrogen and oxygen atoms in total. The zero-order valence-electron chi connectivity index (χ0n) is 15.7. The molecule has 4 heterocycles. The van der Waals surface area contributed by atoms with E-state index in [1.165, 1.54) is 10.1 Å². The molecule has 1 fully saturated rings. The Morgan fingerprint density at radius 1 is 1.21 bits per heavy atom. The number of hydrogen-bond donors (Lipinski definition) is 0. The second-order valence-electron chi connectivity index (χ2n) is 7.90. The van der Waals surface area contributed by atoms with Gasteiger partial charge in [-0.25, -0.2) is 0 Å². The van der Waals surface area contributed by atoms with Crippen molar-refractivity contribution in [3.63, 3.8) is 0 Å². The van der Waals surface area contributed by atoms with Crippen LogP contribution >= 0.6 is 0 Å². The van der Waals surface area contributed by atoms with E-state index in [2.05, 4.69) is 34.6 Å². The van der Waals surface area contributed by atoms with E-state index in [0.717, 1.165) is 37.3 Å². The second-order valence-corrected chi connectivity index (χ2v) is 7.90. The minimum atomic E-state index is 0.0144. The molecule has 0 spiro atoms. The highest BCUT2D eigenvalue weighted by atomic mass is 16.7. The summed E-state index contributed by atoms with van der Waals surface area (Å²) in [5.41, 5.74) is 2.45. The number of hydrogen-bond acceptors (Lipinski definition) is 6. The first kappa shape index (κ1) is 17.0. The maximum atomic E-state index is 13.1. The van der Waals surface area contributed by atoms with Gasteiger partial charge < -0.3 is 14.4 Å². The van der Waals surface area contributed by atoms with Crippen LogP contribution in [0.25, 0.3) is 5.65 Å². The predicted octanol–water partition coefficient (Wildman–Crippen LogP) is 2.34. The molecule has 0 aliphatic carbocycles. The second kappa shape index (κ2) is 6.47. The molecule has 8 heteroatoms. The van der Waals surface area contributed by atoms with Gasteiger partial charge in [-0.15, -0.1) is 5.10 Å². The lowest BCUT2D eigenvalue weighted by atomic mass is 9.76. The molecular weight excluding hydrogens is 358 g/mol. The van der Waals surface area contributed by atoms with Crippen LogP contribution in [0.4, 0.5) is 0 Å². The molecule has 3 aromatic rings. The SMILES string of the molecule is C[C@]1(Cc2ccc3c(c2)OCO3)CCCN(C(=O)c2ccc3nnnn3c2)C1. The first-order chi connectivity index (χ1) is 13.6. The number of nitrogens with zero attached hydrogens (tertiary/aromatic N) is 5. The molecule has 1 saturated heterocycles. The van der Waals surface area contributed by atoms with Crippen LogP contribution in [0, 0.1) is 5.41 Å². The quantitative estimate of drug-likeness (QED) is 0.695. The molecule has 144 valence electrons. The van der Waals surface area contributed by atoms with Crippen molar-refractivity contribution in [2.24, 2.45) is 5.41 Å². The zero-order chi connectivity index (χ0) is 19.1. The first-order valence-corrected chi connectivity index (χ1v) is 9.45. The molecule has 0 unspecified atom stereocenters.